The molecule has 0 spiro atoms. The molecule has 0 aliphatic heterocycles. The van der Waals surface area contributed by atoms with Crippen LogP contribution >= 0.6 is 23.2 Å². The van der Waals surface area contributed by atoms with E-state index in [0.29, 0.717) is 5.02 Å². The number of hydrogen-bond acceptors (Lipinski definition) is 2. The second-order valence-corrected chi connectivity index (χ2v) is 5.11. The highest BCUT2D eigenvalue weighted by molar-refractivity contribution is 6.34. The maximum atomic E-state index is 6.33. The molecular weight excluding hydrogens is 267 g/mol. The number of nitrogens with one attached hydrogen (secondary N) is 1. The van der Waals surface area contributed by atoms with Crippen molar-refractivity contribution < 1.29 is 0 Å². The van der Waals surface area contributed by atoms with Crippen molar-refractivity contribution in [2.24, 2.45) is 5.73 Å². The Morgan fingerprint density at radius 3 is 2.39 bits per heavy atom. The molecule has 0 heterocycles. The van der Waals surface area contributed by atoms with E-state index in [0.717, 1.165) is 16.8 Å². The van der Waals surface area contributed by atoms with Gasteiger partial charge in [-0.3, -0.25) is 5.73 Å². The van der Waals surface area contributed by atoms with Gasteiger partial charge in [0.05, 0.1) is 10.7 Å². The van der Waals surface area contributed by atoms with Crippen molar-refractivity contribution >= 4 is 28.9 Å². The standard InChI is InChI=1S/C14H14Cl2N2/c1-10-6-5-9-12(13(10)15)18-14(16,17)11-7-3-2-4-8-11/h2-9,18H,17H2,1H3. The van der Waals surface area contributed by atoms with Crippen LogP contribution in [0.4, 0.5) is 5.69 Å². The molecule has 0 fully saturated rings. The summed E-state index contributed by atoms with van der Waals surface area (Å²) in [5.41, 5.74) is 8.56. The van der Waals surface area contributed by atoms with Gasteiger partial charge in [-0.25, -0.2) is 0 Å². The average molecular weight is 281 g/mol. The van der Waals surface area contributed by atoms with Crippen molar-refractivity contribution in [3.63, 3.8) is 0 Å². The minimum absolute atomic E-state index is 0.629. The lowest BCUT2D eigenvalue weighted by atomic mass is 10.1. The fourth-order valence-electron chi connectivity index (χ4n) is 1.69. The number of benzene rings is 2. The van der Waals surface area contributed by atoms with Crippen LogP contribution in [-0.2, 0) is 5.12 Å². The molecule has 1 unspecified atom stereocenters. The zero-order valence-corrected chi connectivity index (χ0v) is 11.5. The zero-order valence-electron chi connectivity index (χ0n) is 9.95. The number of aryl methyl sites for hydroxylation is 1. The van der Waals surface area contributed by atoms with Gasteiger partial charge in [-0.1, -0.05) is 65.7 Å². The highest BCUT2D eigenvalue weighted by atomic mass is 35.5. The first kappa shape index (κ1) is 13.2. The summed E-state index contributed by atoms with van der Waals surface area (Å²) >= 11 is 12.5. The van der Waals surface area contributed by atoms with E-state index < -0.39 is 5.12 Å². The number of hydrogen-bond donors (Lipinski definition) is 2. The zero-order chi connectivity index (χ0) is 13.2. The normalized spacial score (nSPS) is 14.0. The van der Waals surface area contributed by atoms with E-state index in [-0.39, 0.29) is 0 Å². The second kappa shape index (κ2) is 5.19. The average Bonchev–Trinajstić information content (AvgIpc) is 2.36. The van der Waals surface area contributed by atoms with E-state index in [1.54, 1.807) is 0 Å². The van der Waals surface area contributed by atoms with Gasteiger partial charge >= 0.3 is 0 Å². The highest BCUT2D eigenvalue weighted by Gasteiger charge is 2.24. The third-order valence-electron chi connectivity index (χ3n) is 2.70. The Bertz CT molecular complexity index is 539. The van der Waals surface area contributed by atoms with E-state index in [1.165, 1.54) is 0 Å². The third kappa shape index (κ3) is 2.78. The van der Waals surface area contributed by atoms with Crippen LogP contribution in [0.2, 0.25) is 5.02 Å². The van der Waals surface area contributed by atoms with Crippen LogP contribution in [0.5, 0.6) is 0 Å². The molecule has 0 amide bonds. The molecule has 2 rings (SSSR count). The first-order valence-corrected chi connectivity index (χ1v) is 6.33. The van der Waals surface area contributed by atoms with Gasteiger partial charge in [0.25, 0.3) is 0 Å². The number of rotatable bonds is 3. The molecule has 0 saturated carbocycles. The van der Waals surface area contributed by atoms with Crippen LogP contribution in [0.25, 0.3) is 0 Å². The van der Waals surface area contributed by atoms with Gasteiger partial charge in [0, 0.05) is 5.56 Å². The molecular formula is C14H14Cl2N2. The van der Waals surface area contributed by atoms with Crippen molar-refractivity contribution in [3.8, 4) is 0 Å². The number of anilines is 1. The predicted octanol–water partition coefficient (Wildman–Crippen LogP) is 4.07. The molecule has 2 nitrogen and oxygen atoms in total. The van der Waals surface area contributed by atoms with Crippen LogP contribution in [-0.4, -0.2) is 0 Å². The lowest BCUT2D eigenvalue weighted by Gasteiger charge is -2.26. The van der Waals surface area contributed by atoms with Gasteiger partial charge in [-0.15, -0.1) is 0 Å². The molecule has 2 aromatic carbocycles. The van der Waals surface area contributed by atoms with E-state index in [1.807, 2.05) is 55.5 Å². The molecule has 18 heavy (non-hydrogen) atoms. The van der Waals surface area contributed by atoms with Crippen LogP contribution in [0.1, 0.15) is 11.1 Å². The Balaban J connectivity index is 2.31. The summed E-state index contributed by atoms with van der Waals surface area (Å²) in [4.78, 5) is 0. The number of halogens is 2. The van der Waals surface area contributed by atoms with Gasteiger partial charge in [0.1, 0.15) is 0 Å². The van der Waals surface area contributed by atoms with Crippen molar-refractivity contribution in [3.05, 3.63) is 64.7 Å². The molecule has 94 valence electrons. The van der Waals surface area contributed by atoms with Gasteiger partial charge in [-0.05, 0) is 18.6 Å². The topological polar surface area (TPSA) is 38.0 Å². The lowest BCUT2D eigenvalue weighted by molar-refractivity contribution is 0.740. The molecule has 0 aromatic heterocycles. The molecule has 3 N–H and O–H groups in total. The first-order valence-electron chi connectivity index (χ1n) is 5.57. The summed E-state index contributed by atoms with van der Waals surface area (Å²) in [5.74, 6) is 0. The summed E-state index contributed by atoms with van der Waals surface area (Å²) in [6, 6.07) is 15.1. The minimum atomic E-state index is -1.18. The number of nitrogens with two attached hydrogens (primary N) is 1. The van der Waals surface area contributed by atoms with E-state index >= 15 is 0 Å². The number of alkyl halides is 1. The second-order valence-electron chi connectivity index (χ2n) is 4.14. The maximum absolute atomic E-state index is 6.33. The van der Waals surface area contributed by atoms with Crippen molar-refractivity contribution in [2.45, 2.75) is 12.0 Å². The molecule has 0 radical (unpaired) electrons. The van der Waals surface area contributed by atoms with Crippen molar-refractivity contribution in [1.29, 1.82) is 0 Å². The lowest BCUT2D eigenvalue weighted by Crippen LogP contribution is -2.38. The summed E-state index contributed by atoms with van der Waals surface area (Å²) in [6.45, 7) is 1.93. The van der Waals surface area contributed by atoms with Gasteiger partial charge in [0.15, 0.2) is 5.12 Å². The van der Waals surface area contributed by atoms with Gasteiger partial charge < -0.3 is 5.32 Å². The summed E-state index contributed by atoms with van der Waals surface area (Å²) in [6.07, 6.45) is 0. The third-order valence-corrected chi connectivity index (χ3v) is 3.52. The minimum Gasteiger partial charge on any atom is -0.350 e. The smallest absolute Gasteiger partial charge is 0.190 e. The fourth-order valence-corrected chi connectivity index (χ4v) is 2.09. The molecule has 0 bridgehead atoms. The highest BCUT2D eigenvalue weighted by Crippen LogP contribution is 2.31. The molecule has 0 saturated heterocycles. The summed E-state index contributed by atoms with van der Waals surface area (Å²) in [5, 5.41) is 2.50. The van der Waals surface area contributed by atoms with Crippen LogP contribution in [0.3, 0.4) is 0 Å². The van der Waals surface area contributed by atoms with Crippen LogP contribution in [0.15, 0.2) is 48.5 Å². The quantitative estimate of drug-likeness (QED) is 0.505. The van der Waals surface area contributed by atoms with E-state index in [9.17, 15) is 0 Å². The molecule has 0 aliphatic carbocycles. The van der Waals surface area contributed by atoms with Crippen molar-refractivity contribution in [2.75, 3.05) is 5.32 Å². The Kier molecular flexibility index (Phi) is 3.81. The first-order chi connectivity index (χ1) is 8.50. The summed E-state index contributed by atoms with van der Waals surface area (Å²) in [7, 11) is 0. The SMILES string of the molecule is Cc1cccc(NC(N)(Cl)c2ccccc2)c1Cl. The molecule has 2 aromatic rings. The van der Waals surface area contributed by atoms with Crippen molar-refractivity contribution in [1.82, 2.24) is 0 Å². The van der Waals surface area contributed by atoms with E-state index in [2.05, 4.69) is 5.32 Å². The molecule has 0 aliphatic rings. The fraction of sp³-hybridized carbons (Fsp3) is 0.143. The Morgan fingerprint density at radius 2 is 1.72 bits per heavy atom. The monoisotopic (exact) mass is 280 g/mol. The predicted molar refractivity (Wildman–Crippen MR) is 78.0 cm³/mol. The van der Waals surface area contributed by atoms with Crippen LogP contribution < -0.4 is 11.1 Å². The largest absolute Gasteiger partial charge is 0.350 e. The maximum Gasteiger partial charge on any atom is 0.190 e. The Morgan fingerprint density at radius 1 is 1.06 bits per heavy atom. The van der Waals surface area contributed by atoms with Gasteiger partial charge in [0.2, 0.25) is 0 Å². The van der Waals surface area contributed by atoms with E-state index in [4.69, 9.17) is 28.9 Å². The summed E-state index contributed by atoms with van der Waals surface area (Å²) < 4.78 is 0. The Hall–Kier alpha value is -1.22. The Labute approximate surface area is 117 Å². The van der Waals surface area contributed by atoms with Crippen LogP contribution in [0, 0.1) is 6.92 Å². The molecule has 4 heteroatoms. The molecule has 1 atom stereocenters. The van der Waals surface area contributed by atoms with Gasteiger partial charge in [-0.2, -0.15) is 0 Å².